The molecule has 0 saturated heterocycles. The molecule has 3 amide bonds. The van der Waals surface area contributed by atoms with E-state index in [0.29, 0.717) is 27.0 Å². The van der Waals surface area contributed by atoms with Gasteiger partial charge in [0.1, 0.15) is 6.07 Å². The van der Waals surface area contributed by atoms with E-state index >= 15 is 0 Å². The van der Waals surface area contributed by atoms with Crippen molar-refractivity contribution in [2.45, 2.75) is 19.9 Å². The van der Waals surface area contributed by atoms with Crippen LogP contribution < -0.4 is 35.0 Å². The topological polar surface area (TPSA) is 170 Å². The first-order valence-corrected chi connectivity index (χ1v) is 13.0. The zero-order valence-electron chi connectivity index (χ0n) is 22.7. The summed E-state index contributed by atoms with van der Waals surface area (Å²) in [4.78, 5) is 37.1. The summed E-state index contributed by atoms with van der Waals surface area (Å²) in [6.45, 7) is 2.87. The number of esters is 1. The molecule has 3 rings (SSSR count). The van der Waals surface area contributed by atoms with Crippen LogP contribution in [0, 0.1) is 11.3 Å². The van der Waals surface area contributed by atoms with Gasteiger partial charge in [0.15, 0.2) is 36.2 Å². The maximum absolute atomic E-state index is 12.6. The lowest BCUT2D eigenvalue weighted by Gasteiger charge is -2.28. The van der Waals surface area contributed by atoms with Gasteiger partial charge in [-0.05, 0) is 43.7 Å². The molecule has 1 atom stereocenters. The number of halogens is 1. The van der Waals surface area contributed by atoms with Crippen molar-refractivity contribution >= 4 is 40.1 Å². The molecule has 0 unspecified atom stereocenters. The van der Waals surface area contributed by atoms with Gasteiger partial charge < -0.3 is 34.3 Å². The summed E-state index contributed by atoms with van der Waals surface area (Å²) >= 11 is 3.36. The molecule has 0 saturated carbocycles. The highest BCUT2D eigenvalue weighted by Gasteiger charge is 2.32. The Hall–Kier alpha value is -4.77. The molecular formula is C27H28BrN5O8. The normalized spacial score (nSPS) is 14.4. The number of urea groups is 1. The van der Waals surface area contributed by atoms with Crippen molar-refractivity contribution in [1.29, 1.82) is 5.26 Å². The first kappa shape index (κ1) is 30.8. The summed E-state index contributed by atoms with van der Waals surface area (Å²) in [5, 5.41) is 18.1. The van der Waals surface area contributed by atoms with Crippen LogP contribution in [0.4, 0.5) is 4.79 Å². The number of carbonyl (C=O) groups excluding carboxylic acids is 3. The smallest absolute Gasteiger partial charge is 0.338 e. The van der Waals surface area contributed by atoms with Crippen molar-refractivity contribution in [3.8, 4) is 29.1 Å². The lowest BCUT2D eigenvalue weighted by atomic mass is 9.95. The SMILES string of the molecule is CCOC(=O)C1=C(C)NC(=O)N[C@H]1c1ccc(OCC(=O)N/N=C/c2cc(Br)cc(OC)c2OCC#N)c(OC)c1. The van der Waals surface area contributed by atoms with Gasteiger partial charge in [-0.2, -0.15) is 10.4 Å². The highest BCUT2D eigenvalue weighted by atomic mass is 79.9. The molecule has 216 valence electrons. The Labute approximate surface area is 244 Å². The third kappa shape index (κ3) is 7.89. The summed E-state index contributed by atoms with van der Waals surface area (Å²) in [6, 6.07) is 8.77. The number of allylic oxidation sites excluding steroid dienone is 1. The van der Waals surface area contributed by atoms with Gasteiger partial charge in [0.25, 0.3) is 5.91 Å². The summed E-state index contributed by atoms with van der Waals surface area (Å²) in [5.41, 5.74) is 3.99. The molecule has 0 fully saturated rings. The molecule has 0 spiro atoms. The number of nitrogens with zero attached hydrogens (tertiary/aromatic N) is 2. The summed E-state index contributed by atoms with van der Waals surface area (Å²) in [7, 11) is 2.88. The number of nitriles is 1. The van der Waals surface area contributed by atoms with E-state index in [1.807, 2.05) is 6.07 Å². The van der Waals surface area contributed by atoms with E-state index in [-0.39, 0.29) is 36.0 Å². The molecule has 1 aliphatic rings. The number of rotatable bonds is 12. The number of benzene rings is 2. The van der Waals surface area contributed by atoms with Gasteiger partial charge in [-0.1, -0.05) is 22.0 Å². The number of hydrazone groups is 1. The second-order valence-corrected chi connectivity index (χ2v) is 9.17. The van der Waals surface area contributed by atoms with Crippen LogP contribution in [0.2, 0.25) is 0 Å². The quantitative estimate of drug-likeness (QED) is 0.181. The Bertz CT molecular complexity index is 1420. The molecule has 2 aromatic rings. The zero-order valence-corrected chi connectivity index (χ0v) is 24.3. The van der Waals surface area contributed by atoms with E-state index in [1.165, 1.54) is 20.4 Å². The zero-order chi connectivity index (χ0) is 29.9. The Kier molecular flexibility index (Phi) is 10.9. The van der Waals surface area contributed by atoms with Gasteiger partial charge in [0.05, 0.1) is 38.7 Å². The third-order valence-corrected chi connectivity index (χ3v) is 6.04. The van der Waals surface area contributed by atoms with Crippen molar-refractivity contribution in [2.24, 2.45) is 5.10 Å². The second kappa shape index (κ2) is 14.6. The fraction of sp³-hybridized carbons (Fsp3) is 0.296. The van der Waals surface area contributed by atoms with Crippen LogP contribution in [-0.2, 0) is 14.3 Å². The predicted octanol–water partition coefficient (Wildman–Crippen LogP) is 3.09. The van der Waals surface area contributed by atoms with Gasteiger partial charge >= 0.3 is 12.0 Å². The molecular weight excluding hydrogens is 602 g/mol. The van der Waals surface area contributed by atoms with Crippen LogP contribution in [0.3, 0.4) is 0 Å². The van der Waals surface area contributed by atoms with Gasteiger partial charge in [0, 0.05) is 15.7 Å². The van der Waals surface area contributed by atoms with E-state index < -0.39 is 30.6 Å². The number of amides is 3. The summed E-state index contributed by atoms with van der Waals surface area (Å²) in [6.07, 6.45) is 1.34. The van der Waals surface area contributed by atoms with Crippen molar-refractivity contribution < 1.29 is 38.1 Å². The first-order chi connectivity index (χ1) is 19.7. The van der Waals surface area contributed by atoms with E-state index in [0.717, 1.165) is 0 Å². The van der Waals surface area contributed by atoms with Crippen LogP contribution in [0.1, 0.15) is 31.0 Å². The molecule has 1 heterocycles. The van der Waals surface area contributed by atoms with Crippen LogP contribution in [0.5, 0.6) is 23.0 Å². The molecule has 1 aliphatic heterocycles. The number of nitrogens with one attached hydrogen (secondary N) is 3. The standard InChI is InChI=1S/C27H28BrN5O8/c1-5-39-26(35)23-15(2)31-27(36)32-24(23)16-6-7-19(20(11-16)37-3)41-14-22(34)33-30-13-17-10-18(28)12-21(38-4)25(17)40-9-8-29/h6-7,10-13,24H,5,9,14H2,1-4H3,(H,33,34)(H2,31,32,36)/b30-13+/t24-/m0/s1. The number of ether oxygens (including phenoxy) is 5. The lowest BCUT2D eigenvalue weighted by molar-refractivity contribution is -0.139. The molecule has 13 nitrogen and oxygen atoms in total. The minimum atomic E-state index is -0.790. The monoisotopic (exact) mass is 629 g/mol. The Balaban J connectivity index is 1.71. The van der Waals surface area contributed by atoms with Crippen LogP contribution in [-0.4, -0.2) is 58.2 Å². The fourth-order valence-electron chi connectivity index (χ4n) is 3.85. The average molecular weight is 630 g/mol. The molecule has 14 heteroatoms. The van der Waals surface area contributed by atoms with Gasteiger partial charge in [-0.15, -0.1) is 0 Å². The van der Waals surface area contributed by atoms with Crippen LogP contribution >= 0.6 is 15.9 Å². The number of hydrogen-bond donors (Lipinski definition) is 3. The van der Waals surface area contributed by atoms with E-state index in [4.69, 9.17) is 28.9 Å². The largest absolute Gasteiger partial charge is 0.493 e. The van der Waals surface area contributed by atoms with Crippen molar-refractivity contribution in [3.63, 3.8) is 0 Å². The molecule has 0 aliphatic carbocycles. The Morgan fingerprint density at radius 1 is 1.15 bits per heavy atom. The summed E-state index contributed by atoms with van der Waals surface area (Å²) < 4.78 is 27.6. The molecule has 2 aromatic carbocycles. The first-order valence-electron chi connectivity index (χ1n) is 12.2. The van der Waals surface area contributed by atoms with E-state index in [9.17, 15) is 14.4 Å². The highest BCUT2D eigenvalue weighted by molar-refractivity contribution is 9.10. The Morgan fingerprint density at radius 2 is 1.90 bits per heavy atom. The number of hydrogen-bond acceptors (Lipinski definition) is 10. The van der Waals surface area contributed by atoms with E-state index in [2.05, 4.69) is 37.1 Å². The van der Waals surface area contributed by atoms with Crippen molar-refractivity contribution in [1.82, 2.24) is 16.1 Å². The van der Waals surface area contributed by atoms with Crippen LogP contribution in [0.15, 0.2) is 51.2 Å². The number of methoxy groups -OCH3 is 2. The van der Waals surface area contributed by atoms with Gasteiger partial charge in [0.2, 0.25) is 0 Å². The molecule has 0 aromatic heterocycles. The highest BCUT2D eigenvalue weighted by Crippen LogP contribution is 2.35. The average Bonchev–Trinajstić information content (AvgIpc) is 2.94. The minimum Gasteiger partial charge on any atom is -0.493 e. The maximum Gasteiger partial charge on any atom is 0.338 e. The van der Waals surface area contributed by atoms with Crippen molar-refractivity contribution in [2.75, 3.05) is 34.0 Å². The van der Waals surface area contributed by atoms with Crippen LogP contribution in [0.25, 0.3) is 0 Å². The van der Waals surface area contributed by atoms with Gasteiger partial charge in [-0.25, -0.2) is 15.0 Å². The molecule has 0 bridgehead atoms. The second-order valence-electron chi connectivity index (χ2n) is 8.26. The molecule has 3 N–H and O–H groups in total. The predicted molar refractivity (Wildman–Crippen MR) is 150 cm³/mol. The Morgan fingerprint density at radius 3 is 2.59 bits per heavy atom. The number of carbonyl (C=O) groups is 3. The van der Waals surface area contributed by atoms with Crippen molar-refractivity contribution in [3.05, 3.63) is 57.2 Å². The molecule has 41 heavy (non-hydrogen) atoms. The lowest BCUT2D eigenvalue weighted by Crippen LogP contribution is -2.45. The van der Waals surface area contributed by atoms with E-state index in [1.54, 1.807) is 44.2 Å². The molecule has 0 radical (unpaired) electrons. The maximum atomic E-state index is 12.6. The third-order valence-electron chi connectivity index (χ3n) is 5.59. The summed E-state index contributed by atoms with van der Waals surface area (Å²) in [5.74, 6) is 0.0559. The minimum absolute atomic E-state index is 0.172. The fourth-order valence-corrected chi connectivity index (χ4v) is 4.31. The van der Waals surface area contributed by atoms with Gasteiger partial charge in [-0.3, -0.25) is 4.79 Å².